The Kier molecular flexibility index (Phi) is 3.30. The fourth-order valence-corrected chi connectivity index (χ4v) is 1.80. The second kappa shape index (κ2) is 5.41. The number of pyridine rings is 2. The van der Waals surface area contributed by atoms with Crippen LogP contribution in [0.1, 0.15) is 10.4 Å². The number of nitrogens with zero attached hydrogens (tertiary/aromatic N) is 3. The zero-order chi connectivity index (χ0) is 14.7. The summed E-state index contributed by atoms with van der Waals surface area (Å²) in [6.07, 6.45) is 9.41. The normalized spacial score (nSPS) is 10.3. The second-order valence-electron chi connectivity index (χ2n) is 4.25. The quantitative estimate of drug-likeness (QED) is 0.754. The van der Waals surface area contributed by atoms with E-state index in [1.807, 2.05) is 0 Å². The molecule has 3 heterocycles. The molecule has 3 aromatic rings. The molecule has 3 rings (SSSR count). The molecule has 0 bridgehead atoms. The first-order valence-corrected chi connectivity index (χ1v) is 6.17. The number of hydrogen-bond acceptors (Lipinski definition) is 4. The summed E-state index contributed by atoms with van der Waals surface area (Å²) in [5.41, 5.74) is 0.220. The van der Waals surface area contributed by atoms with Crippen LogP contribution in [0.5, 0.6) is 0 Å². The highest BCUT2D eigenvalue weighted by molar-refractivity contribution is 6.03. The minimum Gasteiger partial charge on any atom is -0.367 e. The van der Waals surface area contributed by atoms with Crippen molar-refractivity contribution in [3.63, 3.8) is 0 Å². The standard InChI is InChI=1S/C14H11N5O2/c20-12-3-4-15-8-11(12)14(21)18-10-1-2-13(17-7-10)19-6-5-16-9-19/h1-9H,(H,15,20)(H,18,21). The second-order valence-corrected chi connectivity index (χ2v) is 4.25. The van der Waals surface area contributed by atoms with Gasteiger partial charge in [-0.15, -0.1) is 0 Å². The number of rotatable bonds is 3. The number of nitrogens with one attached hydrogen (secondary N) is 2. The smallest absolute Gasteiger partial charge is 0.261 e. The molecule has 0 atom stereocenters. The first-order valence-electron chi connectivity index (χ1n) is 6.17. The van der Waals surface area contributed by atoms with Crippen LogP contribution in [0.3, 0.4) is 0 Å². The van der Waals surface area contributed by atoms with Gasteiger partial charge in [0.1, 0.15) is 17.7 Å². The van der Waals surface area contributed by atoms with Gasteiger partial charge in [0.15, 0.2) is 5.43 Å². The summed E-state index contributed by atoms with van der Waals surface area (Å²) >= 11 is 0. The van der Waals surface area contributed by atoms with Crippen LogP contribution in [-0.4, -0.2) is 25.4 Å². The Labute approximate surface area is 119 Å². The maximum Gasteiger partial charge on any atom is 0.261 e. The lowest BCUT2D eigenvalue weighted by Crippen LogP contribution is -2.20. The lowest BCUT2D eigenvalue weighted by atomic mass is 10.2. The summed E-state index contributed by atoms with van der Waals surface area (Å²) in [5, 5.41) is 2.63. The van der Waals surface area contributed by atoms with Crippen LogP contribution in [0.15, 0.2) is 60.3 Å². The lowest BCUT2D eigenvalue weighted by Gasteiger charge is -2.05. The van der Waals surface area contributed by atoms with Gasteiger partial charge in [0.05, 0.1) is 11.9 Å². The van der Waals surface area contributed by atoms with Crippen LogP contribution in [-0.2, 0) is 0 Å². The first kappa shape index (κ1) is 12.8. The molecule has 7 heteroatoms. The molecule has 104 valence electrons. The molecule has 0 aliphatic carbocycles. The third kappa shape index (κ3) is 2.71. The summed E-state index contributed by atoms with van der Waals surface area (Å²) in [6.45, 7) is 0. The van der Waals surface area contributed by atoms with Crippen LogP contribution in [0.4, 0.5) is 5.69 Å². The third-order valence-corrected chi connectivity index (χ3v) is 2.84. The number of amides is 1. The van der Waals surface area contributed by atoms with Crippen LogP contribution in [0, 0.1) is 0 Å². The summed E-state index contributed by atoms with van der Waals surface area (Å²) in [4.78, 5) is 34.4. The van der Waals surface area contributed by atoms with Crippen LogP contribution < -0.4 is 10.7 Å². The molecule has 21 heavy (non-hydrogen) atoms. The molecular formula is C14H11N5O2. The Morgan fingerprint density at radius 2 is 2.19 bits per heavy atom. The fraction of sp³-hybridized carbons (Fsp3) is 0. The van der Waals surface area contributed by atoms with Gasteiger partial charge in [-0.05, 0) is 12.1 Å². The molecule has 0 saturated carbocycles. The van der Waals surface area contributed by atoms with Crippen LogP contribution in [0.25, 0.3) is 5.82 Å². The van der Waals surface area contributed by atoms with E-state index in [0.717, 1.165) is 0 Å². The van der Waals surface area contributed by atoms with Crippen molar-refractivity contribution in [2.45, 2.75) is 0 Å². The lowest BCUT2D eigenvalue weighted by molar-refractivity contribution is 0.102. The highest BCUT2D eigenvalue weighted by atomic mass is 16.2. The number of hydrogen-bond donors (Lipinski definition) is 2. The molecule has 0 saturated heterocycles. The van der Waals surface area contributed by atoms with Crippen LogP contribution >= 0.6 is 0 Å². The molecule has 2 N–H and O–H groups in total. The zero-order valence-corrected chi connectivity index (χ0v) is 10.9. The van der Waals surface area contributed by atoms with Crippen molar-refractivity contribution in [1.29, 1.82) is 0 Å². The predicted octanol–water partition coefficient (Wildman–Crippen LogP) is 1.21. The van der Waals surface area contributed by atoms with E-state index in [0.29, 0.717) is 11.5 Å². The van der Waals surface area contributed by atoms with E-state index < -0.39 is 5.91 Å². The molecule has 1 amide bonds. The molecule has 0 spiro atoms. The molecule has 0 unspecified atom stereocenters. The highest BCUT2D eigenvalue weighted by Gasteiger charge is 2.09. The Hall–Kier alpha value is -3.22. The Balaban J connectivity index is 1.78. The summed E-state index contributed by atoms with van der Waals surface area (Å²) < 4.78 is 1.74. The number of imidazole rings is 1. The van der Waals surface area contributed by atoms with E-state index in [1.165, 1.54) is 24.7 Å². The molecule has 0 radical (unpaired) electrons. The van der Waals surface area contributed by atoms with E-state index in [2.05, 4.69) is 20.3 Å². The van der Waals surface area contributed by atoms with Gasteiger partial charge < -0.3 is 10.3 Å². The van der Waals surface area contributed by atoms with Gasteiger partial charge in [-0.3, -0.25) is 14.2 Å². The van der Waals surface area contributed by atoms with Crippen LogP contribution in [0.2, 0.25) is 0 Å². The van der Waals surface area contributed by atoms with Crippen molar-refractivity contribution >= 4 is 11.6 Å². The Morgan fingerprint density at radius 1 is 1.29 bits per heavy atom. The average Bonchev–Trinajstić information content (AvgIpc) is 3.02. The number of carbonyl (C=O) groups is 1. The third-order valence-electron chi connectivity index (χ3n) is 2.84. The molecule has 0 aliphatic heterocycles. The largest absolute Gasteiger partial charge is 0.367 e. The van der Waals surface area contributed by atoms with Crippen molar-refractivity contribution in [2.24, 2.45) is 0 Å². The number of H-pyrrole nitrogens is 1. The summed E-state index contributed by atoms with van der Waals surface area (Å²) in [7, 11) is 0. The zero-order valence-electron chi connectivity index (χ0n) is 10.9. The van der Waals surface area contributed by atoms with Gasteiger partial charge in [-0.2, -0.15) is 0 Å². The van der Waals surface area contributed by atoms with E-state index in [4.69, 9.17) is 0 Å². The molecule has 0 fully saturated rings. The Bertz CT molecular complexity index is 806. The van der Waals surface area contributed by atoms with Gasteiger partial charge in [0, 0.05) is 30.9 Å². The fourth-order valence-electron chi connectivity index (χ4n) is 1.80. The number of carbonyl (C=O) groups excluding carboxylic acids is 1. The molecule has 3 aromatic heterocycles. The van der Waals surface area contributed by atoms with E-state index >= 15 is 0 Å². The summed E-state index contributed by atoms with van der Waals surface area (Å²) in [6, 6.07) is 4.75. The van der Waals surface area contributed by atoms with Gasteiger partial charge in [0.2, 0.25) is 0 Å². The first-order chi connectivity index (χ1) is 10.2. The van der Waals surface area contributed by atoms with Gasteiger partial charge in [-0.25, -0.2) is 9.97 Å². The molecule has 0 aromatic carbocycles. The number of anilines is 1. The van der Waals surface area contributed by atoms with Gasteiger partial charge >= 0.3 is 0 Å². The minimum atomic E-state index is -0.478. The van der Waals surface area contributed by atoms with Crippen molar-refractivity contribution in [1.82, 2.24) is 19.5 Å². The molecular weight excluding hydrogens is 270 g/mol. The maximum atomic E-state index is 12.0. The van der Waals surface area contributed by atoms with Crippen molar-refractivity contribution < 1.29 is 4.79 Å². The SMILES string of the molecule is O=C(Nc1ccc(-n2ccnc2)nc1)c1c[nH]ccc1=O. The average molecular weight is 281 g/mol. The van der Waals surface area contributed by atoms with Crippen molar-refractivity contribution in [3.05, 3.63) is 71.3 Å². The Morgan fingerprint density at radius 3 is 2.86 bits per heavy atom. The maximum absolute atomic E-state index is 12.0. The number of aromatic amines is 1. The van der Waals surface area contributed by atoms with E-state index in [1.54, 1.807) is 35.4 Å². The van der Waals surface area contributed by atoms with E-state index in [-0.39, 0.29) is 11.0 Å². The molecule has 7 nitrogen and oxygen atoms in total. The predicted molar refractivity (Wildman–Crippen MR) is 76.4 cm³/mol. The molecule has 0 aliphatic rings. The minimum absolute atomic E-state index is 0.0520. The monoisotopic (exact) mass is 281 g/mol. The number of aromatic nitrogens is 4. The topological polar surface area (TPSA) is 92.7 Å². The van der Waals surface area contributed by atoms with Crippen molar-refractivity contribution in [3.8, 4) is 5.82 Å². The van der Waals surface area contributed by atoms with Gasteiger partial charge in [0.25, 0.3) is 5.91 Å². The highest BCUT2D eigenvalue weighted by Crippen LogP contribution is 2.10. The van der Waals surface area contributed by atoms with Crippen molar-refractivity contribution in [2.75, 3.05) is 5.32 Å². The van der Waals surface area contributed by atoms with Gasteiger partial charge in [-0.1, -0.05) is 0 Å². The summed E-state index contributed by atoms with van der Waals surface area (Å²) in [5.74, 6) is 0.206. The van der Waals surface area contributed by atoms with E-state index in [9.17, 15) is 9.59 Å².